The first kappa shape index (κ1) is 11.0. The first-order valence-corrected chi connectivity index (χ1v) is 6.64. The maximum Gasteiger partial charge on any atom is 0.154 e. The monoisotopic (exact) mass is 205 g/mol. The maximum absolute atomic E-state index is 11.5. The van der Waals surface area contributed by atoms with Gasteiger partial charge in [-0.25, -0.2) is 8.42 Å². The molecule has 0 spiro atoms. The second-order valence-electron chi connectivity index (χ2n) is 3.95. The van der Waals surface area contributed by atoms with Crippen molar-refractivity contribution in [3.05, 3.63) is 0 Å². The Morgan fingerprint density at radius 2 is 2.08 bits per heavy atom. The number of sulfone groups is 1. The molecule has 0 radical (unpaired) electrons. The van der Waals surface area contributed by atoms with E-state index in [1.165, 1.54) is 0 Å². The Hall–Kier alpha value is -0.0900. The van der Waals surface area contributed by atoms with Crippen molar-refractivity contribution in [1.82, 2.24) is 4.90 Å². The normalized spacial score (nSPS) is 25.7. The van der Waals surface area contributed by atoms with E-state index in [9.17, 15) is 8.42 Å². The molecule has 0 aromatic carbocycles. The van der Waals surface area contributed by atoms with Gasteiger partial charge >= 0.3 is 0 Å². The zero-order chi connectivity index (χ0) is 10.1. The fourth-order valence-electron chi connectivity index (χ4n) is 1.75. The molecule has 0 N–H and O–H groups in total. The molecule has 78 valence electrons. The van der Waals surface area contributed by atoms with Gasteiger partial charge in [-0.05, 0) is 26.8 Å². The van der Waals surface area contributed by atoms with Gasteiger partial charge in [-0.2, -0.15) is 0 Å². The lowest BCUT2D eigenvalue weighted by Gasteiger charge is -2.19. The molecule has 0 aromatic heterocycles. The van der Waals surface area contributed by atoms with Crippen LogP contribution in [0.5, 0.6) is 0 Å². The Labute approximate surface area is 81.0 Å². The van der Waals surface area contributed by atoms with Gasteiger partial charge in [-0.3, -0.25) is 4.90 Å². The molecule has 1 aliphatic heterocycles. The van der Waals surface area contributed by atoms with Crippen LogP contribution in [0.4, 0.5) is 0 Å². The van der Waals surface area contributed by atoms with Gasteiger partial charge < -0.3 is 0 Å². The molecule has 1 saturated heterocycles. The Morgan fingerprint density at radius 3 is 2.46 bits per heavy atom. The first-order valence-electron chi connectivity index (χ1n) is 4.93. The van der Waals surface area contributed by atoms with Gasteiger partial charge in [0, 0.05) is 18.3 Å². The summed E-state index contributed by atoms with van der Waals surface area (Å²) in [5.74, 6) is 0.281. The highest BCUT2D eigenvalue weighted by Gasteiger charge is 2.32. The summed E-state index contributed by atoms with van der Waals surface area (Å²) < 4.78 is 23.1. The molecule has 4 heteroatoms. The summed E-state index contributed by atoms with van der Waals surface area (Å²) >= 11 is 0. The van der Waals surface area contributed by atoms with Crippen molar-refractivity contribution in [2.45, 2.75) is 38.5 Å². The summed E-state index contributed by atoms with van der Waals surface area (Å²) in [6, 6.07) is 0.469. The van der Waals surface area contributed by atoms with E-state index in [0.717, 1.165) is 19.5 Å². The van der Waals surface area contributed by atoms with Gasteiger partial charge in [0.1, 0.15) is 0 Å². The van der Waals surface area contributed by atoms with E-state index in [2.05, 4.69) is 18.7 Å². The van der Waals surface area contributed by atoms with Crippen molar-refractivity contribution in [1.29, 1.82) is 0 Å². The second kappa shape index (κ2) is 3.96. The molecule has 0 amide bonds. The van der Waals surface area contributed by atoms with Crippen LogP contribution < -0.4 is 0 Å². The van der Waals surface area contributed by atoms with Crippen LogP contribution >= 0.6 is 0 Å². The van der Waals surface area contributed by atoms with Crippen molar-refractivity contribution in [3.63, 3.8) is 0 Å². The van der Waals surface area contributed by atoms with Gasteiger partial charge in [0.15, 0.2) is 9.84 Å². The van der Waals surface area contributed by atoms with E-state index >= 15 is 0 Å². The Kier molecular flexibility index (Phi) is 3.35. The van der Waals surface area contributed by atoms with Crippen molar-refractivity contribution >= 4 is 9.84 Å². The molecule has 0 saturated carbocycles. The number of hydrogen-bond acceptors (Lipinski definition) is 3. The largest absolute Gasteiger partial charge is 0.300 e. The third-order valence-electron chi connectivity index (χ3n) is 2.82. The second-order valence-corrected chi connectivity index (χ2v) is 6.52. The van der Waals surface area contributed by atoms with Crippen molar-refractivity contribution < 1.29 is 8.42 Å². The number of likely N-dealkylation sites (tertiary alicyclic amines) is 1. The van der Waals surface area contributed by atoms with Gasteiger partial charge in [0.2, 0.25) is 0 Å². The molecule has 3 nitrogen and oxygen atoms in total. The molecule has 1 heterocycles. The number of nitrogens with zero attached hydrogens (tertiary/aromatic N) is 1. The molecular formula is C9H19NO2S. The summed E-state index contributed by atoms with van der Waals surface area (Å²) in [7, 11) is -2.81. The van der Waals surface area contributed by atoms with Crippen LogP contribution in [-0.2, 0) is 9.84 Å². The first-order chi connectivity index (χ1) is 5.97. The van der Waals surface area contributed by atoms with E-state index in [1.54, 1.807) is 6.92 Å². The highest BCUT2D eigenvalue weighted by molar-refractivity contribution is 7.92. The lowest BCUT2D eigenvalue weighted by Crippen LogP contribution is -2.32. The minimum Gasteiger partial charge on any atom is -0.300 e. The Balaban J connectivity index is 2.60. The van der Waals surface area contributed by atoms with Crippen molar-refractivity contribution in [2.75, 3.05) is 18.8 Å². The summed E-state index contributed by atoms with van der Waals surface area (Å²) in [4.78, 5) is 2.23. The Bertz CT molecular complexity index is 259. The standard InChI is InChI=1S/C9H19NO2S/c1-4-13(11,12)9-5-6-10(7-9)8(2)3/h8-9H,4-7H2,1-3H3/t9-/m0/s1. The highest BCUT2D eigenvalue weighted by atomic mass is 32.2. The molecule has 0 bridgehead atoms. The number of hydrogen-bond donors (Lipinski definition) is 0. The summed E-state index contributed by atoms with van der Waals surface area (Å²) in [5.41, 5.74) is 0. The van der Waals surface area contributed by atoms with Crippen LogP contribution in [0, 0.1) is 0 Å². The molecule has 1 fully saturated rings. The Morgan fingerprint density at radius 1 is 1.46 bits per heavy atom. The van der Waals surface area contributed by atoms with Crippen molar-refractivity contribution in [2.24, 2.45) is 0 Å². The average molecular weight is 205 g/mol. The predicted molar refractivity (Wildman–Crippen MR) is 54.6 cm³/mol. The third kappa shape index (κ3) is 2.44. The summed E-state index contributed by atoms with van der Waals surface area (Å²) in [6.07, 6.45) is 0.814. The molecule has 1 aliphatic rings. The quantitative estimate of drug-likeness (QED) is 0.687. The maximum atomic E-state index is 11.5. The van der Waals surface area contributed by atoms with Crippen LogP contribution in [0.15, 0.2) is 0 Å². The van der Waals surface area contributed by atoms with E-state index in [4.69, 9.17) is 0 Å². The lowest BCUT2D eigenvalue weighted by atomic mass is 10.3. The fourth-order valence-corrected chi connectivity index (χ4v) is 3.11. The van der Waals surface area contributed by atoms with Gasteiger partial charge in [-0.15, -0.1) is 0 Å². The van der Waals surface area contributed by atoms with E-state index in [0.29, 0.717) is 6.04 Å². The number of rotatable bonds is 3. The van der Waals surface area contributed by atoms with Crippen LogP contribution in [0.2, 0.25) is 0 Å². The van der Waals surface area contributed by atoms with Crippen LogP contribution in [0.1, 0.15) is 27.2 Å². The zero-order valence-electron chi connectivity index (χ0n) is 8.66. The summed E-state index contributed by atoms with van der Waals surface area (Å²) in [5, 5.41) is -0.111. The highest BCUT2D eigenvalue weighted by Crippen LogP contribution is 2.19. The van der Waals surface area contributed by atoms with Crippen molar-refractivity contribution in [3.8, 4) is 0 Å². The molecule has 0 unspecified atom stereocenters. The lowest BCUT2D eigenvalue weighted by molar-refractivity contribution is 0.276. The van der Waals surface area contributed by atoms with Gasteiger partial charge in [0.05, 0.1) is 5.25 Å². The molecule has 0 aromatic rings. The summed E-state index contributed by atoms with van der Waals surface area (Å²) in [6.45, 7) is 7.62. The van der Waals surface area contributed by atoms with E-state index < -0.39 is 9.84 Å². The van der Waals surface area contributed by atoms with E-state index in [-0.39, 0.29) is 11.0 Å². The predicted octanol–water partition coefficient (Wildman–Crippen LogP) is 0.904. The molecule has 1 rings (SSSR count). The molecular weight excluding hydrogens is 186 g/mol. The minimum absolute atomic E-state index is 0.111. The van der Waals surface area contributed by atoms with Crippen LogP contribution in [0.25, 0.3) is 0 Å². The third-order valence-corrected chi connectivity index (χ3v) is 5.02. The minimum atomic E-state index is -2.81. The van der Waals surface area contributed by atoms with Crippen LogP contribution in [-0.4, -0.2) is 43.5 Å². The van der Waals surface area contributed by atoms with Gasteiger partial charge in [-0.1, -0.05) is 6.92 Å². The fraction of sp³-hybridized carbons (Fsp3) is 1.00. The topological polar surface area (TPSA) is 37.4 Å². The molecule has 0 aliphatic carbocycles. The smallest absolute Gasteiger partial charge is 0.154 e. The zero-order valence-corrected chi connectivity index (χ0v) is 9.47. The van der Waals surface area contributed by atoms with Gasteiger partial charge in [0.25, 0.3) is 0 Å². The molecule has 1 atom stereocenters. The van der Waals surface area contributed by atoms with Crippen LogP contribution in [0.3, 0.4) is 0 Å². The molecule has 13 heavy (non-hydrogen) atoms. The average Bonchev–Trinajstić information content (AvgIpc) is 2.52. The SMILES string of the molecule is CCS(=O)(=O)[C@H]1CCN(C(C)C)C1. The van der Waals surface area contributed by atoms with E-state index in [1.807, 2.05) is 0 Å².